The third-order valence-corrected chi connectivity index (χ3v) is 3.73. The summed E-state index contributed by atoms with van der Waals surface area (Å²) in [6.45, 7) is 5.08. The molecule has 1 rings (SSSR count). The van der Waals surface area contributed by atoms with Crippen LogP contribution >= 0.6 is 23.2 Å². The molecule has 0 N–H and O–H groups in total. The topological polar surface area (TPSA) is 23.6 Å². The summed E-state index contributed by atoms with van der Waals surface area (Å²) in [4.78, 5) is 16.4. The molecule has 3 nitrogen and oxygen atoms in total. The van der Waals surface area contributed by atoms with E-state index in [-0.39, 0.29) is 11.8 Å². The molecule has 0 fully saturated rings. The normalized spacial score (nSPS) is 18.3. The largest absolute Gasteiger partial charge is 0.340 e. The van der Waals surface area contributed by atoms with E-state index >= 15 is 0 Å². The summed E-state index contributed by atoms with van der Waals surface area (Å²) in [5.74, 6) is 1.01. The fourth-order valence-electron chi connectivity index (χ4n) is 2.15. The van der Waals surface area contributed by atoms with Crippen LogP contribution in [0.2, 0.25) is 0 Å². The van der Waals surface area contributed by atoms with E-state index in [2.05, 4.69) is 18.0 Å². The first-order chi connectivity index (χ1) is 8.60. The fraction of sp³-hybridized carbons (Fsp3) is 0.769. The molecule has 0 radical (unpaired) electrons. The molecule has 0 aromatic heterocycles. The first-order valence-corrected chi connectivity index (χ1v) is 7.45. The van der Waals surface area contributed by atoms with E-state index in [0.29, 0.717) is 24.8 Å². The number of carbonyl (C=O) groups excluding carboxylic acids is 1. The van der Waals surface area contributed by atoms with E-state index in [1.165, 1.54) is 5.57 Å². The van der Waals surface area contributed by atoms with Gasteiger partial charge in [0.25, 0.3) is 0 Å². The predicted octanol–water partition coefficient (Wildman–Crippen LogP) is 2.19. The van der Waals surface area contributed by atoms with Crippen LogP contribution in [0.15, 0.2) is 11.6 Å². The molecule has 0 aliphatic carbocycles. The summed E-state index contributed by atoms with van der Waals surface area (Å²) in [6, 6.07) is 0. The smallest absolute Gasteiger partial charge is 0.229 e. The van der Waals surface area contributed by atoms with Crippen LogP contribution in [-0.2, 0) is 4.79 Å². The Hall–Kier alpha value is -0.250. The highest BCUT2D eigenvalue weighted by molar-refractivity contribution is 6.18. The van der Waals surface area contributed by atoms with Crippen molar-refractivity contribution in [3.8, 4) is 0 Å². The molecule has 0 aromatic carbocycles. The molecule has 1 amide bonds. The van der Waals surface area contributed by atoms with Crippen LogP contribution in [0.1, 0.15) is 13.3 Å². The highest BCUT2D eigenvalue weighted by Crippen LogP contribution is 2.20. The summed E-state index contributed by atoms with van der Waals surface area (Å²) < 4.78 is 0. The van der Waals surface area contributed by atoms with Crippen LogP contribution in [0.25, 0.3) is 0 Å². The molecular weight excluding hydrogens is 271 g/mol. The molecule has 18 heavy (non-hydrogen) atoms. The van der Waals surface area contributed by atoms with Crippen LogP contribution in [0.5, 0.6) is 0 Å². The third kappa shape index (κ3) is 4.45. The Morgan fingerprint density at radius 2 is 2.06 bits per heavy atom. The van der Waals surface area contributed by atoms with E-state index in [9.17, 15) is 4.79 Å². The van der Waals surface area contributed by atoms with Gasteiger partial charge in [-0.15, -0.1) is 23.2 Å². The molecule has 0 aromatic rings. The van der Waals surface area contributed by atoms with Crippen LogP contribution in [0.4, 0.5) is 0 Å². The molecule has 104 valence electrons. The highest BCUT2D eigenvalue weighted by atomic mass is 35.5. The van der Waals surface area contributed by atoms with Gasteiger partial charge >= 0.3 is 0 Å². The first-order valence-electron chi connectivity index (χ1n) is 6.38. The van der Waals surface area contributed by atoms with Crippen molar-refractivity contribution in [2.75, 3.05) is 45.0 Å². The zero-order chi connectivity index (χ0) is 13.5. The van der Waals surface area contributed by atoms with Gasteiger partial charge in [0, 0.05) is 37.9 Å². The number of halogens is 2. The molecule has 1 heterocycles. The number of nitrogens with zero attached hydrogens (tertiary/aromatic N) is 2. The number of hydrogen-bond acceptors (Lipinski definition) is 2. The fourth-order valence-corrected chi connectivity index (χ4v) is 2.56. The lowest BCUT2D eigenvalue weighted by atomic mass is 9.94. The summed E-state index contributed by atoms with van der Waals surface area (Å²) in [5, 5.41) is 0. The van der Waals surface area contributed by atoms with E-state index in [0.717, 1.165) is 19.5 Å². The van der Waals surface area contributed by atoms with E-state index in [1.807, 2.05) is 6.92 Å². The molecule has 5 heteroatoms. The molecule has 1 unspecified atom stereocenters. The molecular formula is C13H22Cl2N2O. The van der Waals surface area contributed by atoms with Gasteiger partial charge in [0.05, 0.1) is 5.92 Å². The monoisotopic (exact) mass is 292 g/mol. The van der Waals surface area contributed by atoms with Crippen molar-refractivity contribution in [2.45, 2.75) is 13.3 Å². The number of carbonyl (C=O) groups is 1. The van der Waals surface area contributed by atoms with Crippen molar-refractivity contribution in [3.05, 3.63) is 11.6 Å². The van der Waals surface area contributed by atoms with Gasteiger partial charge < -0.3 is 9.80 Å². The second-order valence-corrected chi connectivity index (χ2v) is 5.47. The van der Waals surface area contributed by atoms with Gasteiger partial charge in [-0.2, -0.15) is 0 Å². The van der Waals surface area contributed by atoms with E-state index in [1.54, 1.807) is 4.90 Å². The Morgan fingerprint density at radius 3 is 2.50 bits per heavy atom. The maximum absolute atomic E-state index is 12.4. The van der Waals surface area contributed by atoms with Gasteiger partial charge in [-0.05, 0) is 20.4 Å². The zero-order valence-corrected chi connectivity index (χ0v) is 12.7. The highest BCUT2D eigenvalue weighted by Gasteiger charge is 2.24. The van der Waals surface area contributed by atoms with Crippen molar-refractivity contribution >= 4 is 29.1 Å². The molecule has 0 spiro atoms. The summed E-state index contributed by atoms with van der Waals surface area (Å²) in [7, 11) is 2.09. The Balaban J connectivity index is 2.63. The number of alkyl halides is 2. The van der Waals surface area contributed by atoms with Crippen molar-refractivity contribution < 1.29 is 4.79 Å². The van der Waals surface area contributed by atoms with Crippen LogP contribution in [-0.4, -0.2) is 60.7 Å². The Kier molecular flexibility index (Phi) is 7.05. The maximum Gasteiger partial charge on any atom is 0.229 e. The molecule has 0 bridgehead atoms. The molecule has 0 saturated heterocycles. The second kappa shape index (κ2) is 8.03. The lowest BCUT2D eigenvalue weighted by molar-refractivity contribution is -0.133. The minimum absolute atomic E-state index is 0.0508. The maximum atomic E-state index is 12.4. The third-order valence-electron chi connectivity index (χ3n) is 3.39. The summed E-state index contributed by atoms with van der Waals surface area (Å²) >= 11 is 11.5. The Labute approximate surface area is 120 Å². The zero-order valence-electron chi connectivity index (χ0n) is 11.2. The second-order valence-electron chi connectivity index (χ2n) is 4.72. The lowest BCUT2D eigenvalue weighted by Gasteiger charge is -2.29. The summed E-state index contributed by atoms with van der Waals surface area (Å²) in [6.07, 6.45) is 3.14. The molecule has 1 atom stereocenters. The van der Waals surface area contributed by atoms with E-state index < -0.39 is 0 Å². The lowest BCUT2D eigenvalue weighted by Crippen LogP contribution is -2.39. The van der Waals surface area contributed by atoms with Crippen molar-refractivity contribution in [2.24, 2.45) is 5.92 Å². The predicted molar refractivity (Wildman–Crippen MR) is 77.4 cm³/mol. The number of rotatable bonds is 6. The Bertz CT molecular complexity index is 301. The number of likely N-dealkylation sites (N-methyl/N-ethyl adjacent to an activating group) is 1. The van der Waals surface area contributed by atoms with Gasteiger partial charge in [-0.1, -0.05) is 11.6 Å². The average molecular weight is 293 g/mol. The number of hydrogen-bond donors (Lipinski definition) is 0. The minimum Gasteiger partial charge on any atom is -0.340 e. The standard InChI is InChI=1S/C13H22Cl2N2O/c1-11(12-3-7-16(2)8-4-12)13(18)17(9-5-14)10-6-15/h3,11H,4-10H2,1-2H3. The molecule has 1 aliphatic rings. The first kappa shape index (κ1) is 15.8. The van der Waals surface area contributed by atoms with Crippen molar-refractivity contribution in [1.29, 1.82) is 0 Å². The van der Waals surface area contributed by atoms with Gasteiger partial charge in [0.2, 0.25) is 5.91 Å². The SMILES string of the molecule is CC(C(=O)N(CCCl)CCCl)C1=CCN(C)CC1. The average Bonchev–Trinajstić information content (AvgIpc) is 2.38. The molecule has 1 aliphatic heterocycles. The van der Waals surface area contributed by atoms with Crippen LogP contribution in [0.3, 0.4) is 0 Å². The van der Waals surface area contributed by atoms with Gasteiger partial charge in [0.15, 0.2) is 0 Å². The van der Waals surface area contributed by atoms with Gasteiger partial charge in [-0.25, -0.2) is 0 Å². The van der Waals surface area contributed by atoms with Crippen LogP contribution in [0, 0.1) is 5.92 Å². The van der Waals surface area contributed by atoms with Gasteiger partial charge in [-0.3, -0.25) is 4.79 Å². The van der Waals surface area contributed by atoms with E-state index in [4.69, 9.17) is 23.2 Å². The Morgan fingerprint density at radius 1 is 1.44 bits per heavy atom. The van der Waals surface area contributed by atoms with Crippen molar-refractivity contribution in [3.63, 3.8) is 0 Å². The quantitative estimate of drug-likeness (QED) is 0.553. The molecule has 0 saturated carbocycles. The minimum atomic E-state index is -0.0508. The van der Waals surface area contributed by atoms with Crippen molar-refractivity contribution in [1.82, 2.24) is 9.80 Å². The number of amides is 1. The van der Waals surface area contributed by atoms with Gasteiger partial charge in [0.1, 0.15) is 0 Å². The van der Waals surface area contributed by atoms with Crippen LogP contribution < -0.4 is 0 Å². The summed E-state index contributed by atoms with van der Waals surface area (Å²) in [5.41, 5.74) is 1.24.